The molecular weight excluding hydrogens is 486 g/mol. The molecule has 1 atom stereocenters. The zero-order valence-corrected chi connectivity index (χ0v) is 21.8. The Balaban J connectivity index is 1.40. The van der Waals surface area contributed by atoms with Gasteiger partial charge in [0.15, 0.2) is 22.8 Å². The predicted molar refractivity (Wildman–Crippen MR) is 138 cm³/mol. The van der Waals surface area contributed by atoms with E-state index in [1.807, 2.05) is 18.3 Å². The van der Waals surface area contributed by atoms with Gasteiger partial charge in [-0.05, 0) is 55.4 Å². The molecule has 0 radical (unpaired) electrons. The van der Waals surface area contributed by atoms with Crippen molar-refractivity contribution in [2.45, 2.75) is 68.8 Å². The average Bonchev–Trinajstić information content (AvgIpc) is 3.43. The van der Waals surface area contributed by atoms with Gasteiger partial charge in [-0.15, -0.1) is 0 Å². The molecule has 1 aliphatic carbocycles. The fraction of sp³-hybridized carbons (Fsp3) is 0.542. The van der Waals surface area contributed by atoms with Crippen molar-refractivity contribution in [3.63, 3.8) is 0 Å². The second-order valence-corrected chi connectivity index (χ2v) is 12.2. The third-order valence-corrected chi connectivity index (χ3v) is 9.27. The number of aliphatic imine (C=N–C) groups is 1. The van der Waals surface area contributed by atoms with Crippen LogP contribution in [-0.4, -0.2) is 49.8 Å². The number of nitrogens with one attached hydrogen (secondary N) is 2. The van der Waals surface area contributed by atoms with Crippen molar-refractivity contribution < 1.29 is 17.9 Å². The third-order valence-electron chi connectivity index (χ3n) is 6.52. The average molecular weight is 520 g/mol. The van der Waals surface area contributed by atoms with Gasteiger partial charge in [0.05, 0.1) is 11.4 Å². The summed E-state index contributed by atoms with van der Waals surface area (Å²) < 4.78 is 38.8. The molecule has 1 aromatic rings. The van der Waals surface area contributed by atoms with Gasteiger partial charge in [-0.25, -0.2) is 18.1 Å². The molecule has 1 saturated carbocycles. The molecule has 0 amide bonds. The Bertz CT molecular complexity index is 1190. The second kappa shape index (κ2) is 9.94. The molecule has 0 spiro atoms. The van der Waals surface area contributed by atoms with Gasteiger partial charge >= 0.3 is 0 Å². The molecule has 11 heteroatoms. The summed E-state index contributed by atoms with van der Waals surface area (Å²) in [6, 6.07) is 4.19. The van der Waals surface area contributed by atoms with Gasteiger partial charge in [-0.1, -0.05) is 25.6 Å². The van der Waals surface area contributed by atoms with Crippen LogP contribution in [0.3, 0.4) is 0 Å². The molecule has 1 unspecified atom stereocenters. The highest BCUT2D eigenvalue weighted by Gasteiger charge is 2.37. The number of sulfonamides is 1. The number of thioether (sulfide) groups is 1. The minimum Gasteiger partial charge on any atom is -0.454 e. The molecule has 5 rings (SSSR count). The van der Waals surface area contributed by atoms with Crippen LogP contribution in [0.5, 0.6) is 11.5 Å². The first-order chi connectivity index (χ1) is 16.9. The van der Waals surface area contributed by atoms with Crippen LogP contribution in [-0.2, 0) is 16.4 Å². The number of aryl methyl sites for hydroxylation is 1. The van der Waals surface area contributed by atoms with Gasteiger partial charge in [0.25, 0.3) is 0 Å². The number of hydrogen-bond acceptors (Lipinski definition) is 9. The Hall–Kier alpha value is -2.37. The molecule has 0 bridgehead atoms. The van der Waals surface area contributed by atoms with Crippen LogP contribution in [0.15, 0.2) is 45.2 Å². The van der Waals surface area contributed by atoms with Crippen LogP contribution in [0.25, 0.3) is 0 Å². The largest absolute Gasteiger partial charge is 0.454 e. The van der Waals surface area contributed by atoms with Gasteiger partial charge in [-0.3, -0.25) is 0 Å². The van der Waals surface area contributed by atoms with Gasteiger partial charge < -0.3 is 25.4 Å². The molecule has 35 heavy (non-hydrogen) atoms. The number of nitrogens with zero attached hydrogens (tertiary/aromatic N) is 2. The lowest BCUT2D eigenvalue weighted by molar-refractivity contribution is 0.174. The topological polar surface area (TPSA) is 118 Å². The van der Waals surface area contributed by atoms with Gasteiger partial charge in [-0.2, -0.15) is 0 Å². The zero-order chi connectivity index (χ0) is 24.6. The highest BCUT2D eigenvalue weighted by molar-refractivity contribution is 8.00. The fourth-order valence-corrected chi connectivity index (χ4v) is 7.02. The molecule has 1 saturated heterocycles. The minimum absolute atomic E-state index is 0.0828. The second-order valence-electron chi connectivity index (χ2n) is 9.21. The summed E-state index contributed by atoms with van der Waals surface area (Å²) in [4.78, 5) is 8.02. The van der Waals surface area contributed by atoms with Gasteiger partial charge in [0.2, 0.25) is 16.8 Å². The normalized spacial score (nSPS) is 21.4. The SMILES string of the molecule is CCC1=CN=C2C(=C(N)C1)NC(Sc1cc3c(cc1CC)OCO3)N2CCCS(=O)(=O)NC1CC1. The van der Waals surface area contributed by atoms with Crippen molar-refractivity contribution in [2.24, 2.45) is 10.7 Å². The summed E-state index contributed by atoms with van der Waals surface area (Å²) in [6.45, 7) is 4.98. The molecule has 4 aliphatic rings. The van der Waals surface area contributed by atoms with Crippen molar-refractivity contribution in [3.8, 4) is 11.5 Å². The Morgan fingerprint density at radius 2 is 2.00 bits per heavy atom. The molecule has 1 aromatic carbocycles. The van der Waals surface area contributed by atoms with E-state index in [4.69, 9.17) is 20.2 Å². The molecule has 3 heterocycles. The van der Waals surface area contributed by atoms with Crippen LogP contribution in [0.4, 0.5) is 0 Å². The first-order valence-electron chi connectivity index (χ1n) is 12.2. The number of amidine groups is 1. The van der Waals surface area contributed by atoms with E-state index in [0.29, 0.717) is 19.4 Å². The van der Waals surface area contributed by atoms with E-state index in [-0.39, 0.29) is 24.1 Å². The van der Waals surface area contributed by atoms with Crippen LogP contribution >= 0.6 is 11.8 Å². The first-order valence-corrected chi connectivity index (χ1v) is 14.8. The highest BCUT2D eigenvalue weighted by atomic mass is 32.2. The molecular formula is C24H33N5O4S2. The quantitative estimate of drug-likeness (QED) is 0.432. The van der Waals surface area contributed by atoms with Crippen molar-refractivity contribution in [1.82, 2.24) is 14.9 Å². The Morgan fingerprint density at radius 1 is 1.23 bits per heavy atom. The third kappa shape index (κ3) is 5.41. The van der Waals surface area contributed by atoms with E-state index >= 15 is 0 Å². The summed E-state index contributed by atoms with van der Waals surface area (Å²) in [5, 5.41) is 3.58. The summed E-state index contributed by atoms with van der Waals surface area (Å²) in [5.74, 6) is 2.37. The van der Waals surface area contributed by atoms with E-state index in [9.17, 15) is 8.42 Å². The van der Waals surface area contributed by atoms with Crippen LogP contribution in [0.2, 0.25) is 0 Å². The fourth-order valence-electron chi connectivity index (χ4n) is 4.37. The van der Waals surface area contributed by atoms with Crippen molar-refractivity contribution in [1.29, 1.82) is 0 Å². The number of benzene rings is 1. The lowest BCUT2D eigenvalue weighted by atomic mass is 10.1. The Labute approximate surface area is 211 Å². The molecule has 9 nitrogen and oxygen atoms in total. The zero-order valence-electron chi connectivity index (χ0n) is 20.2. The summed E-state index contributed by atoms with van der Waals surface area (Å²) in [6.07, 6.45) is 6.65. The Kier molecular flexibility index (Phi) is 6.91. The van der Waals surface area contributed by atoms with Crippen LogP contribution in [0.1, 0.15) is 51.5 Å². The van der Waals surface area contributed by atoms with E-state index in [1.165, 1.54) is 11.1 Å². The van der Waals surface area contributed by atoms with Crippen LogP contribution < -0.4 is 25.2 Å². The summed E-state index contributed by atoms with van der Waals surface area (Å²) in [7, 11) is -3.29. The van der Waals surface area contributed by atoms with Crippen molar-refractivity contribution in [2.75, 3.05) is 19.1 Å². The van der Waals surface area contributed by atoms with Crippen molar-refractivity contribution >= 4 is 27.6 Å². The molecule has 2 fully saturated rings. The number of nitrogens with two attached hydrogens (primary N) is 1. The molecule has 4 N–H and O–H groups in total. The number of hydrogen-bond donors (Lipinski definition) is 3. The van der Waals surface area contributed by atoms with Crippen molar-refractivity contribution in [3.05, 3.63) is 40.9 Å². The number of ether oxygens (including phenoxy) is 2. The molecule has 0 aromatic heterocycles. The maximum absolute atomic E-state index is 12.4. The first kappa shape index (κ1) is 24.3. The predicted octanol–water partition coefficient (Wildman–Crippen LogP) is 3.00. The van der Waals surface area contributed by atoms with Gasteiger partial charge in [0.1, 0.15) is 0 Å². The van der Waals surface area contributed by atoms with E-state index in [0.717, 1.165) is 59.3 Å². The smallest absolute Gasteiger partial charge is 0.231 e. The molecule has 3 aliphatic heterocycles. The number of fused-ring (bicyclic) bond motifs is 2. The van der Waals surface area contributed by atoms with E-state index in [1.54, 1.807) is 11.8 Å². The lowest BCUT2D eigenvalue weighted by Crippen LogP contribution is -2.37. The highest BCUT2D eigenvalue weighted by Crippen LogP contribution is 2.41. The number of rotatable bonds is 10. The number of allylic oxidation sites excluding steroid dienone is 1. The maximum Gasteiger partial charge on any atom is 0.231 e. The Morgan fingerprint density at radius 3 is 2.71 bits per heavy atom. The minimum atomic E-state index is -3.29. The summed E-state index contributed by atoms with van der Waals surface area (Å²) in [5.41, 5.74) is 10.3. The van der Waals surface area contributed by atoms with Gasteiger partial charge in [0, 0.05) is 35.8 Å². The van der Waals surface area contributed by atoms with E-state index in [2.05, 4.69) is 28.8 Å². The van der Waals surface area contributed by atoms with E-state index < -0.39 is 10.0 Å². The molecule has 190 valence electrons. The van der Waals surface area contributed by atoms with Crippen LogP contribution in [0, 0.1) is 0 Å². The standard InChI is InChI=1S/C24H33N5O4S2/c1-3-15-10-18(25)22-23(26-13-15)29(8-5-9-35(30,31)28-17-6-7-17)24(27-22)34-21-12-20-19(32-14-33-20)11-16(21)4-2/h11-13,17,24,27-28H,3-10,14,25H2,1-2H3. The lowest BCUT2D eigenvalue weighted by Gasteiger charge is -2.26. The maximum atomic E-state index is 12.4. The monoisotopic (exact) mass is 519 g/mol. The summed E-state index contributed by atoms with van der Waals surface area (Å²) >= 11 is 1.66.